The second-order valence-electron chi connectivity index (χ2n) is 8.04. The third-order valence-corrected chi connectivity index (χ3v) is 6.55. The van der Waals surface area contributed by atoms with Crippen LogP contribution in [-0.2, 0) is 0 Å². The maximum absolute atomic E-state index is 13.1. The zero-order valence-corrected chi connectivity index (χ0v) is 19.7. The lowest BCUT2D eigenvalue weighted by Gasteiger charge is -2.22. The molecule has 34 heavy (non-hydrogen) atoms. The van der Waals surface area contributed by atoms with E-state index < -0.39 is 5.56 Å². The highest BCUT2D eigenvalue weighted by molar-refractivity contribution is 7.15. The molecule has 1 unspecified atom stereocenters. The van der Waals surface area contributed by atoms with E-state index in [1.54, 1.807) is 30.3 Å². The Hall–Kier alpha value is -3.78. The van der Waals surface area contributed by atoms with E-state index in [-0.39, 0.29) is 22.3 Å². The largest absolute Gasteiger partial charge is 0.494 e. The van der Waals surface area contributed by atoms with E-state index >= 15 is 0 Å². The van der Waals surface area contributed by atoms with Crippen molar-refractivity contribution >= 4 is 28.4 Å². The molecule has 2 aromatic heterocycles. The first kappa shape index (κ1) is 22.0. The summed E-state index contributed by atoms with van der Waals surface area (Å²) in [4.78, 5) is 30.2. The molecule has 3 heterocycles. The standard InChI is InChI=1S/C26H23N3O4S/c1-3-4-13-32-20-11-9-17(10-12-20)23-24(30)27-26-29(28-23)25(31)22(34-26)15-19-14-18-7-5-6-8-21(18)33-16(19)2/h5-12,14-16H,3-4,13H2,1-2H3. The smallest absolute Gasteiger partial charge is 0.300 e. The Labute approximate surface area is 199 Å². The molecule has 0 N–H and O–H groups in total. The van der Waals surface area contributed by atoms with Crippen molar-refractivity contribution in [1.29, 1.82) is 0 Å². The Morgan fingerprint density at radius 2 is 1.94 bits per heavy atom. The quantitative estimate of drug-likeness (QED) is 0.397. The Morgan fingerprint density at radius 3 is 2.74 bits per heavy atom. The van der Waals surface area contributed by atoms with E-state index in [1.165, 1.54) is 4.52 Å². The average Bonchev–Trinajstić information content (AvgIpc) is 3.13. The summed E-state index contributed by atoms with van der Waals surface area (Å²) in [7, 11) is 0. The molecule has 5 rings (SSSR count). The van der Waals surface area contributed by atoms with Gasteiger partial charge >= 0.3 is 5.56 Å². The van der Waals surface area contributed by atoms with Gasteiger partial charge in [0.05, 0.1) is 11.1 Å². The van der Waals surface area contributed by atoms with Gasteiger partial charge in [0, 0.05) is 11.1 Å². The van der Waals surface area contributed by atoms with Crippen LogP contribution in [0.4, 0.5) is 0 Å². The van der Waals surface area contributed by atoms with Gasteiger partial charge in [-0.15, -0.1) is 0 Å². The lowest BCUT2D eigenvalue weighted by molar-refractivity contribution is 0.259. The first-order valence-electron chi connectivity index (χ1n) is 11.2. The van der Waals surface area contributed by atoms with Crippen molar-refractivity contribution in [2.45, 2.75) is 32.8 Å². The average molecular weight is 474 g/mol. The normalized spacial score (nSPS) is 15.6. The van der Waals surface area contributed by atoms with Crippen LogP contribution in [0.1, 0.15) is 32.3 Å². The number of unbranched alkanes of at least 4 members (excludes halogenated alkanes) is 1. The number of thiazole rings is 1. The van der Waals surface area contributed by atoms with Gasteiger partial charge in [-0.25, -0.2) is 0 Å². The van der Waals surface area contributed by atoms with Gasteiger partial charge in [-0.2, -0.15) is 14.6 Å². The maximum atomic E-state index is 13.1. The molecule has 0 amide bonds. The number of rotatable bonds is 6. The molecule has 0 saturated heterocycles. The van der Waals surface area contributed by atoms with Gasteiger partial charge in [0.25, 0.3) is 5.56 Å². The minimum atomic E-state index is -0.477. The van der Waals surface area contributed by atoms with Crippen LogP contribution in [0.2, 0.25) is 0 Å². The summed E-state index contributed by atoms with van der Waals surface area (Å²) < 4.78 is 13.3. The van der Waals surface area contributed by atoms with E-state index in [0.29, 0.717) is 16.7 Å². The summed E-state index contributed by atoms with van der Waals surface area (Å²) in [6.07, 6.45) is 5.61. The molecule has 0 bridgehead atoms. The molecule has 0 fully saturated rings. The Bertz CT molecular complexity index is 1550. The number of hydrogen-bond acceptors (Lipinski definition) is 7. The summed E-state index contributed by atoms with van der Waals surface area (Å²) >= 11 is 1.14. The number of nitrogens with zero attached hydrogens (tertiary/aromatic N) is 3. The molecule has 8 heteroatoms. The predicted octanol–water partition coefficient (Wildman–Crippen LogP) is 3.72. The van der Waals surface area contributed by atoms with Crippen LogP contribution < -0.4 is 25.1 Å². The first-order chi connectivity index (χ1) is 16.5. The van der Waals surface area contributed by atoms with Crippen molar-refractivity contribution in [1.82, 2.24) is 14.6 Å². The lowest BCUT2D eigenvalue weighted by Crippen LogP contribution is -2.28. The van der Waals surface area contributed by atoms with E-state index in [2.05, 4.69) is 17.0 Å². The molecule has 4 aromatic rings. The van der Waals surface area contributed by atoms with Crippen molar-refractivity contribution in [2.24, 2.45) is 0 Å². The zero-order chi connectivity index (χ0) is 23.7. The Morgan fingerprint density at radius 1 is 1.15 bits per heavy atom. The van der Waals surface area contributed by atoms with Crippen LogP contribution in [0.15, 0.2) is 63.7 Å². The van der Waals surface area contributed by atoms with Crippen LogP contribution in [0.25, 0.3) is 28.4 Å². The van der Waals surface area contributed by atoms with Crippen molar-refractivity contribution < 1.29 is 9.47 Å². The second-order valence-corrected chi connectivity index (χ2v) is 9.05. The first-order valence-corrected chi connectivity index (χ1v) is 12.0. The van der Waals surface area contributed by atoms with Gasteiger partial charge < -0.3 is 9.47 Å². The topological polar surface area (TPSA) is 82.8 Å². The van der Waals surface area contributed by atoms with E-state index in [0.717, 1.165) is 46.8 Å². The molecular formula is C26H23N3O4S. The van der Waals surface area contributed by atoms with Crippen molar-refractivity contribution in [3.05, 3.63) is 84.9 Å². The van der Waals surface area contributed by atoms with E-state index in [9.17, 15) is 9.59 Å². The van der Waals surface area contributed by atoms with E-state index in [1.807, 2.05) is 37.3 Å². The Balaban J connectivity index is 1.52. The molecule has 172 valence electrons. The molecule has 7 nitrogen and oxygen atoms in total. The van der Waals surface area contributed by atoms with Gasteiger partial charge in [0.1, 0.15) is 17.6 Å². The van der Waals surface area contributed by atoms with Gasteiger partial charge in [-0.3, -0.25) is 9.59 Å². The predicted molar refractivity (Wildman–Crippen MR) is 133 cm³/mol. The van der Waals surface area contributed by atoms with Crippen LogP contribution in [0, 0.1) is 0 Å². The number of hydrogen-bond donors (Lipinski definition) is 0. The third kappa shape index (κ3) is 4.24. The molecule has 0 radical (unpaired) electrons. The summed E-state index contributed by atoms with van der Waals surface area (Å²) in [6, 6.07) is 14.8. The zero-order valence-electron chi connectivity index (χ0n) is 18.9. The summed E-state index contributed by atoms with van der Waals surface area (Å²) in [5.41, 5.74) is 1.73. The fourth-order valence-corrected chi connectivity index (χ4v) is 4.61. The molecule has 1 aliphatic heterocycles. The van der Waals surface area contributed by atoms with E-state index in [4.69, 9.17) is 9.47 Å². The minimum absolute atomic E-state index is 0.126. The minimum Gasteiger partial charge on any atom is -0.494 e. The molecule has 0 spiro atoms. The van der Waals surface area contributed by atoms with Crippen molar-refractivity contribution in [3.8, 4) is 22.8 Å². The Kier molecular flexibility index (Phi) is 5.98. The van der Waals surface area contributed by atoms with Gasteiger partial charge in [0.15, 0.2) is 5.69 Å². The van der Waals surface area contributed by atoms with Crippen LogP contribution in [-0.4, -0.2) is 27.3 Å². The molecule has 2 aromatic carbocycles. The number of benzene rings is 2. The summed E-state index contributed by atoms with van der Waals surface area (Å²) in [6.45, 7) is 4.68. The number of ether oxygens (including phenoxy) is 2. The molecule has 1 atom stereocenters. The number of para-hydroxylation sites is 1. The highest BCUT2D eigenvalue weighted by Crippen LogP contribution is 2.29. The summed E-state index contributed by atoms with van der Waals surface area (Å²) in [5.74, 6) is 1.54. The second kappa shape index (κ2) is 9.23. The highest BCUT2D eigenvalue weighted by atomic mass is 32.1. The lowest BCUT2D eigenvalue weighted by atomic mass is 10.0. The van der Waals surface area contributed by atoms with Crippen molar-refractivity contribution in [2.75, 3.05) is 6.61 Å². The summed E-state index contributed by atoms with van der Waals surface area (Å²) in [5, 5.41) is 4.35. The van der Waals surface area contributed by atoms with Crippen molar-refractivity contribution in [3.63, 3.8) is 0 Å². The molecule has 1 aliphatic rings. The molecule has 0 saturated carbocycles. The van der Waals surface area contributed by atoms with Gasteiger partial charge in [-0.1, -0.05) is 42.9 Å². The third-order valence-electron chi connectivity index (χ3n) is 5.59. The van der Waals surface area contributed by atoms with Gasteiger partial charge in [-0.05, 0) is 61.4 Å². The monoisotopic (exact) mass is 473 g/mol. The van der Waals surface area contributed by atoms with Crippen LogP contribution >= 0.6 is 11.3 Å². The fourth-order valence-electron chi connectivity index (χ4n) is 3.71. The highest BCUT2D eigenvalue weighted by Gasteiger charge is 2.18. The SMILES string of the molecule is CCCCOc1ccc(-c2nn3c(=O)c(=CC4=Cc5ccccc5OC4C)sc3nc2=O)cc1. The van der Waals surface area contributed by atoms with Gasteiger partial charge in [0.2, 0.25) is 4.96 Å². The van der Waals surface area contributed by atoms with Crippen LogP contribution in [0.3, 0.4) is 0 Å². The van der Waals surface area contributed by atoms with Crippen LogP contribution in [0.5, 0.6) is 11.5 Å². The maximum Gasteiger partial charge on any atom is 0.300 e. The molecule has 0 aliphatic carbocycles. The fraction of sp³-hybridized carbons (Fsp3) is 0.231. The number of aromatic nitrogens is 3. The molecular weight excluding hydrogens is 450 g/mol. The number of fused-ring (bicyclic) bond motifs is 2.